The van der Waals surface area contributed by atoms with Gasteiger partial charge in [0.2, 0.25) is 5.89 Å². The number of halogens is 3. The molecular formula is C34H27F3N4O3S. The maximum atomic E-state index is 13.9. The molecule has 1 unspecified atom stereocenters. The quantitative estimate of drug-likeness (QED) is 0.196. The summed E-state index contributed by atoms with van der Waals surface area (Å²) in [5, 5.41) is 2.76. The summed E-state index contributed by atoms with van der Waals surface area (Å²) in [6, 6.07) is 13.2. The summed E-state index contributed by atoms with van der Waals surface area (Å²) in [6.07, 6.45) is 4.36. The molecule has 2 amide bonds. The number of nitrogens with zero attached hydrogens (tertiary/aromatic N) is 3. The highest BCUT2D eigenvalue weighted by Crippen LogP contribution is 2.49. The van der Waals surface area contributed by atoms with Gasteiger partial charge in [-0.3, -0.25) is 14.6 Å². The van der Waals surface area contributed by atoms with Gasteiger partial charge in [0.25, 0.3) is 11.8 Å². The number of aryl methyl sites for hydroxylation is 3. The van der Waals surface area contributed by atoms with E-state index >= 15 is 0 Å². The van der Waals surface area contributed by atoms with Gasteiger partial charge in [0.05, 0.1) is 39.6 Å². The zero-order chi connectivity index (χ0) is 31.2. The van der Waals surface area contributed by atoms with Crippen LogP contribution in [0, 0.1) is 24.4 Å². The number of carbonyl (C=O) groups excluding carboxylic acids is 2. The smallest absolute Gasteiger partial charge is 0.261 e. The maximum absolute atomic E-state index is 13.9. The van der Waals surface area contributed by atoms with E-state index in [-0.39, 0.29) is 24.3 Å². The molecule has 45 heavy (non-hydrogen) atoms. The van der Waals surface area contributed by atoms with Crippen molar-refractivity contribution >= 4 is 23.2 Å². The topological polar surface area (TPSA) is 88.3 Å². The Morgan fingerprint density at radius 2 is 1.80 bits per heavy atom. The molecule has 228 valence electrons. The molecular weight excluding hydrogens is 601 g/mol. The summed E-state index contributed by atoms with van der Waals surface area (Å²) < 4.78 is 46.6. The van der Waals surface area contributed by atoms with Gasteiger partial charge in [-0.05, 0) is 80.1 Å². The van der Waals surface area contributed by atoms with E-state index in [1.807, 2.05) is 4.90 Å². The molecule has 2 aliphatic heterocycles. The van der Waals surface area contributed by atoms with Gasteiger partial charge in [-0.15, -0.1) is 11.3 Å². The summed E-state index contributed by atoms with van der Waals surface area (Å²) in [5.41, 5.74) is 4.48. The zero-order valence-electron chi connectivity index (χ0n) is 24.2. The number of rotatable bonds is 8. The largest absolute Gasteiger partial charge is 0.441 e. The van der Waals surface area contributed by atoms with Crippen LogP contribution in [0.15, 0.2) is 65.2 Å². The summed E-state index contributed by atoms with van der Waals surface area (Å²) in [6.45, 7) is 2.44. The Bertz CT molecular complexity index is 1950. The van der Waals surface area contributed by atoms with Crippen molar-refractivity contribution in [1.82, 2.24) is 20.2 Å². The van der Waals surface area contributed by atoms with E-state index in [2.05, 4.69) is 10.3 Å². The molecule has 0 radical (unpaired) electrons. The first-order chi connectivity index (χ1) is 21.8. The number of nitrogens with one attached hydrogen (secondary N) is 1. The number of thiophene rings is 1. The lowest BCUT2D eigenvalue weighted by Crippen LogP contribution is -2.22. The van der Waals surface area contributed by atoms with Gasteiger partial charge < -0.3 is 14.6 Å². The highest BCUT2D eigenvalue weighted by Gasteiger charge is 2.44. The Morgan fingerprint density at radius 3 is 2.56 bits per heavy atom. The molecule has 3 aromatic heterocycles. The molecule has 7 nitrogen and oxygen atoms in total. The molecule has 7 rings (SSSR count). The Labute approximate surface area is 260 Å². The first kappa shape index (κ1) is 29.0. The van der Waals surface area contributed by atoms with Gasteiger partial charge in [0, 0.05) is 23.5 Å². The maximum Gasteiger partial charge on any atom is 0.261 e. The Kier molecular flexibility index (Phi) is 7.48. The fourth-order valence-electron chi connectivity index (χ4n) is 6.10. The summed E-state index contributed by atoms with van der Waals surface area (Å²) in [4.78, 5) is 39.6. The molecule has 1 atom stereocenters. The number of pyridine rings is 1. The summed E-state index contributed by atoms with van der Waals surface area (Å²) in [5.74, 6) is -1.83. The number of fused-ring (bicyclic) bond motifs is 3. The molecule has 0 aliphatic carbocycles. The number of carbonyl (C=O) groups is 2. The second-order valence-electron chi connectivity index (χ2n) is 11.2. The average molecular weight is 629 g/mol. The van der Waals surface area contributed by atoms with Crippen LogP contribution in [-0.2, 0) is 19.4 Å². The molecule has 2 aliphatic rings. The van der Waals surface area contributed by atoms with Crippen LogP contribution in [0.1, 0.15) is 67.2 Å². The van der Waals surface area contributed by atoms with Crippen LogP contribution in [0.2, 0.25) is 0 Å². The van der Waals surface area contributed by atoms with Gasteiger partial charge in [-0.2, -0.15) is 0 Å². The van der Waals surface area contributed by atoms with E-state index in [4.69, 9.17) is 9.40 Å². The highest BCUT2D eigenvalue weighted by molar-refractivity contribution is 7.17. The zero-order valence-corrected chi connectivity index (χ0v) is 25.0. The molecule has 1 N–H and O–H groups in total. The van der Waals surface area contributed by atoms with Crippen LogP contribution in [0.3, 0.4) is 0 Å². The van der Waals surface area contributed by atoms with Gasteiger partial charge in [0.15, 0.2) is 11.6 Å². The molecule has 0 spiro atoms. The fraction of sp³-hybridized carbons (Fsp3) is 0.235. The minimum atomic E-state index is -0.985. The van der Waals surface area contributed by atoms with Crippen molar-refractivity contribution in [2.75, 3.05) is 6.54 Å². The van der Waals surface area contributed by atoms with E-state index in [0.717, 1.165) is 30.5 Å². The minimum Gasteiger partial charge on any atom is -0.441 e. The molecule has 11 heteroatoms. The summed E-state index contributed by atoms with van der Waals surface area (Å²) in [7, 11) is 0. The average Bonchev–Trinajstić information content (AvgIpc) is 3.84. The molecule has 0 bridgehead atoms. The normalized spacial score (nSPS) is 15.4. The number of hydrogen-bond acceptors (Lipinski definition) is 6. The number of benzene rings is 2. The van der Waals surface area contributed by atoms with Crippen LogP contribution < -0.4 is 5.32 Å². The predicted molar refractivity (Wildman–Crippen MR) is 162 cm³/mol. The van der Waals surface area contributed by atoms with Crippen molar-refractivity contribution in [3.8, 4) is 21.9 Å². The number of amides is 2. The Hall–Kier alpha value is -4.77. The first-order valence-electron chi connectivity index (χ1n) is 14.6. The number of hydrogen-bond donors (Lipinski definition) is 1. The SMILES string of the molecule is Cc1cnc(-c2c(CCc3ccc(F)cc3)nc3c(c2-c2ccc(C(=O)NCc4ccc(F)c(F)c4)s2)C(=O)N2CCCC32)o1. The lowest BCUT2D eigenvalue weighted by atomic mass is 9.93. The van der Waals surface area contributed by atoms with Crippen LogP contribution in [0.5, 0.6) is 0 Å². The summed E-state index contributed by atoms with van der Waals surface area (Å²) >= 11 is 1.22. The van der Waals surface area contributed by atoms with E-state index in [0.29, 0.717) is 74.4 Å². The van der Waals surface area contributed by atoms with Crippen LogP contribution in [0.4, 0.5) is 13.2 Å². The molecule has 0 saturated carbocycles. The standard InChI is InChI=1S/C34H27F3N4O3S/c1-18-16-39-33(44-18)28-24(11-7-19-4-8-21(35)9-5-19)40-31-25-3-2-14-41(25)34(43)30(31)29(28)26-12-13-27(45-26)32(42)38-17-20-6-10-22(36)23(37)15-20/h4-6,8-10,12-13,15-16,25H,2-3,7,11,14,17H2,1H3,(H,38,42). The number of oxazole rings is 1. The van der Waals surface area contributed by atoms with E-state index in [1.165, 1.54) is 29.5 Å². The van der Waals surface area contributed by atoms with Crippen molar-refractivity contribution in [2.45, 2.75) is 45.2 Å². The Balaban J connectivity index is 1.31. The van der Waals surface area contributed by atoms with Crippen molar-refractivity contribution in [1.29, 1.82) is 0 Å². The van der Waals surface area contributed by atoms with E-state index in [1.54, 1.807) is 37.4 Å². The molecule has 5 heterocycles. The van der Waals surface area contributed by atoms with Crippen LogP contribution in [-0.4, -0.2) is 33.2 Å². The van der Waals surface area contributed by atoms with E-state index < -0.39 is 17.5 Å². The lowest BCUT2D eigenvalue weighted by Gasteiger charge is -2.16. The molecule has 5 aromatic rings. The van der Waals surface area contributed by atoms with E-state index in [9.17, 15) is 22.8 Å². The van der Waals surface area contributed by atoms with Crippen molar-refractivity contribution in [3.63, 3.8) is 0 Å². The second-order valence-corrected chi connectivity index (χ2v) is 12.3. The third-order valence-electron chi connectivity index (χ3n) is 8.26. The minimum absolute atomic E-state index is 0.0113. The van der Waals surface area contributed by atoms with Crippen molar-refractivity contribution in [3.05, 3.63) is 117 Å². The number of aromatic nitrogens is 2. The van der Waals surface area contributed by atoms with Crippen molar-refractivity contribution in [2.24, 2.45) is 0 Å². The van der Waals surface area contributed by atoms with Gasteiger partial charge in [0.1, 0.15) is 11.6 Å². The Morgan fingerprint density at radius 1 is 1.00 bits per heavy atom. The van der Waals surface area contributed by atoms with Crippen LogP contribution >= 0.6 is 11.3 Å². The second kappa shape index (κ2) is 11.6. The fourth-order valence-corrected chi connectivity index (χ4v) is 7.09. The predicted octanol–water partition coefficient (Wildman–Crippen LogP) is 7.20. The van der Waals surface area contributed by atoms with Crippen LogP contribution in [0.25, 0.3) is 21.9 Å². The highest BCUT2D eigenvalue weighted by atomic mass is 32.1. The first-order valence-corrected chi connectivity index (χ1v) is 15.5. The van der Waals surface area contributed by atoms with Gasteiger partial charge in [-0.25, -0.2) is 18.2 Å². The molecule has 1 saturated heterocycles. The van der Waals surface area contributed by atoms with Crippen molar-refractivity contribution < 1.29 is 27.2 Å². The van der Waals surface area contributed by atoms with Gasteiger partial charge >= 0.3 is 0 Å². The third kappa shape index (κ3) is 5.41. The third-order valence-corrected chi connectivity index (χ3v) is 9.36. The molecule has 2 aromatic carbocycles. The van der Waals surface area contributed by atoms with Gasteiger partial charge in [-0.1, -0.05) is 18.2 Å². The monoisotopic (exact) mass is 628 g/mol. The molecule has 1 fully saturated rings. The lowest BCUT2D eigenvalue weighted by molar-refractivity contribution is 0.0776.